The highest BCUT2D eigenvalue weighted by atomic mass is 35.5. The van der Waals surface area contributed by atoms with Crippen LogP contribution >= 0.6 is 23.2 Å². The molecule has 1 amide bonds. The smallest absolute Gasteiger partial charge is 0.326 e. The van der Waals surface area contributed by atoms with Crippen LogP contribution in [0.5, 0.6) is 0 Å². The van der Waals surface area contributed by atoms with Crippen LogP contribution < -0.4 is 5.32 Å². The van der Waals surface area contributed by atoms with Crippen LogP contribution in [0, 0.1) is 0 Å². The predicted octanol–water partition coefficient (Wildman–Crippen LogP) is 2.59. The van der Waals surface area contributed by atoms with Gasteiger partial charge in [-0.1, -0.05) is 36.2 Å². The summed E-state index contributed by atoms with van der Waals surface area (Å²) in [6.45, 7) is 1.67. The van der Waals surface area contributed by atoms with Gasteiger partial charge in [0.05, 0.1) is 15.6 Å². The molecule has 0 aliphatic carbocycles. The maximum atomic E-state index is 11.8. The number of benzene rings is 1. The second-order valence-corrected chi connectivity index (χ2v) is 4.16. The van der Waals surface area contributed by atoms with Gasteiger partial charge < -0.3 is 10.4 Å². The van der Waals surface area contributed by atoms with Crippen molar-refractivity contribution in [2.45, 2.75) is 19.4 Å². The molecule has 4 nitrogen and oxygen atoms in total. The summed E-state index contributed by atoms with van der Waals surface area (Å²) in [5, 5.41) is 11.6. The van der Waals surface area contributed by atoms with Crippen molar-refractivity contribution in [1.82, 2.24) is 5.32 Å². The largest absolute Gasteiger partial charge is 0.480 e. The summed E-state index contributed by atoms with van der Waals surface area (Å²) in [5.74, 6) is -1.63. The van der Waals surface area contributed by atoms with Crippen molar-refractivity contribution in [3.05, 3.63) is 33.8 Å². The molecule has 92 valence electrons. The quantitative estimate of drug-likeness (QED) is 0.888. The normalized spacial score (nSPS) is 11.9. The van der Waals surface area contributed by atoms with Gasteiger partial charge in [0.2, 0.25) is 0 Å². The molecule has 0 aliphatic rings. The van der Waals surface area contributed by atoms with E-state index in [9.17, 15) is 9.59 Å². The summed E-state index contributed by atoms with van der Waals surface area (Å²) in [7, 11) is 0. The van der Waals surface area contributed by atoms with Crippen LogP contribution in [0.25, 0.3) is 0 Å². The average molecular weight is 276 g/mol. The topological polar surface area (TPSA) is 66.4 Å². The Morgan fingerprint density at radius 3 is 2.59 bits per heavy atom. The molecule has 0 fully saturated rings. The van der Waals surface area contributed by atoms with Crippen molar-refractivity contribution >= 4 is 35.1 Å². The Morgan fingerprint density at radius 1 is 1.41 bits per heavy atom. The third-order valence-corrected chi connectivity index (χ3v) is 3.03. The van der Waals surface area contributed by atoms with Crippen LogP contribution in [0.2, 0.25) is 10.0 Å². The molecule has 0 aliphatic heterocycles. The first-order valence-electron chi connectivity index (χ1n) is 4.95. The lowest BCUT2D eigenvalue weighted by Gasteiger charge is -2.13. The summed E-state index contributed by atoms with van der Waals surface area (Å²) in [5.41, 5.74) is 0.166. The van der Waals surface area contributed by atoms with E-state index in [1.54, 1.807) is 19.1 Å². The zero-order valence-electron chi connectivity index (χ0n) is 9.04. The molecule has 0 aromatic heterocycles. The molecular formula is C11H11Cl2NO3. The molecule has 0 saturated heterocycles. The molecule has 0 spiro atoms. The Bertz CT molecular complexity index is 448. The van der Waals surface area contributed by atoms with E-state index in [1.165, 1.54) is 6.07 Å². The minimum Gasteiger partial charge on any atom is -0.480 e. The Balaban J connectivity index is 2.90. The first-order chi connectivity index (χ1) is 7.97. The minimum absolute atomic E-state index is 0.118. The molecule has 0 heterocycles. The van der Waals surface area contributed by atoms with Gasteiger partial charge in [0.25, 0.3) is 5.91 Å². The Labute approximate surface area is 109 Å². The number of carboxylic acids is 1. The van der Waals surface area contributed by atoms with Crippen LogP contribution in [0.4, 0.5) is 0 Å². The van der Waals surface area contributed by atoms with E-state index in [1.807, 2.05) is 0 Å². The number of carboxylic acid groups (broad SMARTS) is 1. The standard InChI is InChI=1S/C11H11Cl2NO3/c1-2-8(11(16)17)14-10(15)6-4-3-5-7(12)9(6)13/h3-5,8H,2H2,1H3,(H,14,15)(H,16,17)/t8-/m1/s1. The van der Waals surface area contributed by atoms with Crippen LogP contribution in [-0.4, -0.2) is 23.0 Å². The molecule has 0 radical (unpaired) electrons. The second kappa shape index (κ2) is 5.89. The van der Waals surface area contributed by atoms with Crippen LogP contribution in [0.15, 0.2) is 18.2 Å². The Morgan fingerprint density at radius 2 is 2.06 bits per heavy atom. The number of carbonyl (C=O) groups is 2. The fourth-order valence-electron chi connectivity index (χ4n) is 1.25. The summed E-state index contributed by atoms with van der Waals surface area (Å²) in [6, 6.07) is 3.68. The van der Waals surface area contributed by atoms with Gasteiger partial charge in [-0.05, 0) is 18.6 Å². The van der Waals surface area contributed by atoms with E-state index in [-0.39, 0.29) is 15.6 Å². The predicted molar refractivity (Wildman–Crippen MR) is 65.6 cm³/mol. The van der Waals surface area contributed by atoms with Gasteiger partial charge in [0, 0.05) is 0 Å². The molecule has 17 heavy (non-hydrogen) atoms. The molecule has 1 atom stereocenters. The van der Waals surface area contributed by atoms with Gasteiger partial charge >= 0.3 is 5.97 Å². The highest BCUT2D eigenvalue weighted by Crippen LogP contribution is 2.25. The molecule has 0 unspecified atom stereocenters. The number of hydrogen-bond acceptors (Lipinski definition) is 2. The summed E-state index contributed by atoms with van der Waals surface area (Å²) >= 11 is 11.6. The van der Waals surface area contributed by atoms with E-state index >= 15 is 0 Å². The number of carbonyl (C=O) groups excluding carboxylic acids is 1. The number of hydrogen-bond donors (Lipinski definition) is 2. The van der Waals surface area contributed by atoms with Crippen molar-refractivity contribution in [1.29, 1.82) is 0 Å². The molecule has 1 rings (SSSR count). The molecule has 1 aromatic rings. The van der Waals surface area contributed by atoms with E-state index in [0.717, 1.165) is 0 Å². The molecular weight excluding hydrogens is 265 g/mol. The lowest BCUT2D eigenvalue weighted by molar-refractivity contribution is -0.139. The van der Waals surface area contributed by atoms with Crippen LogP contribution in [0.3, 0.4) is 0 Å². The number of halogens is 2. The third kappa shape index (κ3) is 3.35. The zero-order chi connectivity index (χ0) is 13.0. The summed E-state index contributed by atoms with van der Waals surface area (Å²) in [4.78, 5) is 22.5. The first kappa shape index (κ1) is 13.8. The maximum absolute atomic E-state index is 11.8. The van der Waals surface area contributed by atoms with E-state index in [2.05, 4.69) is 5.32 Å². The maximum Gasteiger partial charge on any atom is 0.326 e. The Kier molecular flexibility index (Phi) is 4.78. The van der Waals surface area contributed by atoms with E-state index in [0.29, 0.717) is 6.42 Å². The van der Waals surface area contributed by atoms with Crippen molar-refractivity contribution in [2.75, 3.05) is 0 Å². The van der Waals surface area contributed by atoms with Crippen molar-refractivity contribution in [3.63, 3.8) is 0 Å². The van der Waals surface area contributed by atoms with Gasteiger partial charge in [0.1, 0.15) is 6.04 Å². The third-order valence-electron chi connectivity index (χ3n) is 2.21. The van der Waals surface area contributed by atoms with Crippen molar-refractivity contribution in [3.8, 4) is 0 Å². The lowest BCUT2D eigenvalue weighted by Crippen LogP contribution is -2.40. The summed E-state index contributed by atoms with van der Waals surface area (Å²) < 4.78 is 0. The van der Waals surface area contributed by atoms with Gasteiger partial charge in [-0.2, -0.15) is 0 Å². The number of amides is 1. The van der Waals surface area contributed by atoms with Gasteiger partial charge in [-0.15, -0.1) is 0 Å². The van der Waals surface area contributed by atoms with Gasteiger partial charge in [-0.25, -0.2) is 4.79 Å². The SMILES string of the molecule is CC[C@@H](NC(=O)c1cccc(Cl)c1Cl)C(=O)O. The van der Waals surface area contributed by atoms with E-state index < -0.39 is 17.9 Å². The molecule has 1 aromatic carbocycles. The van der Waals surface area contributed by atoms with Gasteiger partial charge in [0.15, 0.2) is 0 Å². The van der Waals surface area contributed by atoms with Crippen LogP contribution in [-0.2, 0) is 4.79 Å². The van der Waals surface area contributed by atoms with Crippen molar-refractivity contribution in [2.24, 2.45) is 0 Å². The number of aliphatic carboxylic acids is 1. The molecule has 6 heteroatoms. The fraction of sp³-hybridized carbons (Fsp3) is 0.273. The lowest BCUT2D eigenvalue weighted by atomic mass is 10.1. The first-order valence-corrected chi connectivity index (χ1v) is 5.70. The van der Waals surface area contributed by atoms with E-state index in [4.69, 9.17) is 28.3 Å². The number of nitrogens with one attached hydrogen (secondary N) is 1. The second-order valence-electron chi connectivity index (χ2n) is 3.37. The highest BCUT2D eigenvalue weighted by molar-refractivity contribution is 6.43. The molecule has 0 bridgehead atoms. The molecule has 0 saturated carbocycles. The monoisotopic (exact) mass is 275 g/mol. The average Bonchev–Trinajstić information content (AvgIpc) is 2.28. The summed E-state index contributed by atoms with van der Waals surface area (Å²) in [6.07, 6.45) is 0.291. The van der Waals surface area contributed by atoms with Gasteiger partial charge in [-0.3, -0.25) is 4.79 Å². The fourth-order valence-corrected chi connectivity index (χ4v) is 1.64. The highest BCUT2D eigenvalue weighted by Gasteiger charge is 2.20. The number of rotatable bonds is 4. The van der Waals surface area contributed by atoms with Crippen molar-refractivity contribution < 1.29 is 14.7 Å². The zero-order valence-corrected chi connectivity index (χ0v) is 10.5. The minimum atomic E-state index is -1.08. The van der Waals surface area contributed by atoms with Crippen LogP contribution in [0.1, 0.15) is 23.7 Å². The molecule has 2 N–H and O–H groups in total. The Hall–Kier alpha value is -1.26.